The van der Waals surface area contributed by atoms with Crippen molar-refractivity contribution in [2.75, 3.05) is 4.90 Å². The zero-order valence-corrected chi connectivity index (χ0v) is 32.9. The Bertz CT molecular complexity index is 3310. The monoisotopic (exact) mass is 765 g/mol. The van der Waals surface area contributed by atoms with E-state index in [1.165, 1.54) is 55.3 Å². The van der Waals surface area contributed by atoms with Crippen LogP contribution in [0.15, 0.2) is 241 Å². The smallest absolute Gasteiger partial charge is 0.136 e. The number of rotatable bonds is 8. The van der Waals surface area contributed by atoms with Crippen LogP contribution < -0.4 is 4.90 Å². The molecule has 2 nitrogen and oxygen atoms in total. The van der Waals surface area contributed by atoms with Crippen LogP contribution in [0.1, 0.15) is 0 Å². The Balaban J connectivity index is 0.925. The zero-order valence-electron chi connectivity index (χ0n) is 32.9. The highest BCUT2D eigenvalue weighted by atomic mass is 16.3. The standard InChI is InChI=1S/C58H39NO/c1-2-11-40(12-3-1)49-19-10-20-54(38-49)59(53-32-27-43(28-33-53)51-29-34-56-55-21-6-7-22-57(55)60-58(56)39-51)52-30-25-42(26-31-52)45-15-8-16-46(35-45)47-17-9-18-48(37-47)50-24-23-41-13-4-5-14-44(41)36-50/h1-39H. The molecule has 0 radical (unpaired) electrons. The Morgan fingerprint density at radius 1 is 0.233 bits per heavy atom. The molecule has 11 rings (SSSR count). The predicted molar refractivity (Wildman–Crippen MR) is 253 cm³/mol. The minimum absolute atomic E-state index is 0.900. The summed E-state index contributed by atoms with van der Waals surface area (Å²) in [6.45, 7) is 0. The molecule has 0 aliphatic rings. The van der Waals surface area contributed by atoms with Gasteiger partial charge in [0, 0.05) is 27.8 Å². The first-order valence-corrected chi connectivity index (χ1v) is 20.5. The quantitative estimate of drug-likeness (QED) is 0.153. The van der Waals surface area contributed by atoms with Crippen molar-refractivity contribution in [2.45, 2.75) is 0 Å². The lowest BCUT2D eigenvalue weighted by molar-refractivity contribution is 0.669. The molecule has 0 spiro atoms. The third-order valence-corrected chi connectivity index (χ3v) is 11.6. The van der Waals surface area contributed by atoms with Crippen molar-refractivity contribution in [2.24, 2.45) is 0 Å². The van der Waals surface area contributed by atoms with Gasteiger partial charge < -0.3 is 9.32 Å². The fraction of sp³-hybridized carbons (Fsp3) is 0. The predicted octanol–water partition coefficient (Wildman–Crippen LogP) is 16.5. The molecule has 60 heavy (non-hydrogen) atoms. The molecule has 10 aromatic carbocycles. The van der Waals surface area contributed by atoms with Gasteiger partial charge in [-0.1, -0.05) is 164 Å². The molecule has 0 N–H and O–H groups in total. The molecule has 0 unspecified atom stereocenters. The van der Waals surface area contributed by atoms with Crippen LogP contribution in [0.5, 0.6) is 0 Å². The molecule has 0 amide bonds. The van der Waals surface area contributed by atoms with Crippen LogP contribution in [-0.4, -0.2) is 0 Å². The topological polar surface area (TPSA) is 16.4 Å². The van der Waals surface area contributed by atoms with Gasteiger partial charge in [-0.25, -0.2) is 0 Å². The van der Waals surface area contributed by atoms with Gasteiger partial charge in [-0.3, -0.25) is 0 Å². The Labute approximate surface area is 349 Å². The average Bonchev–Trinajstić information content (AvgIpc) is 3.70. The Kier molecular flexibility index (Phi) is 8.87. The second kappa shape index (κ2) is 15.1. The number of anilines is 3. The Morgan fingerprint density at radius 3 is 1.37 bits per heavy atom. The SMILES string of the molecule is c1ccc(-c2cccc(N(c3ccc(-c4cccc(-c5cccc(-c6ccc7ccccc7c6)c5)c4)cc3)c3ccc(-c4ccc5c(c4)oc4ccccc45)cc3)c2)cc1. The van der Waals surface area contributed by atoms with Crippen molar-refractivity contribution in [3.8, 4) is 55.6 Å². The van der Waals surface area contributed by atoms with Gasteiger partial charge in [-0.05, 0) is 139 Å². The van der Waals surface area contributed by atoms with E-state index in [-0.39, 0.29) is 0 Å². The summed E-state index contributed by atoms with van der Waals surface area (Å²) in [5, 5.41) is 4.79. The van der Waals surface area contributed by atoms with Gasteiger partial charge in [0.2, 0.25) is 0 Å². The van der Waals surface area contributed by atoms with E-state index >= 15 is 0 Å². The van der Waals surface area contributed by atoms with Crippen molar-refractivity contribution < 1.29 is 4.42 Å². The molecule has 0 bridgehead atoms. The fourth-order valence-corrected chi connectivity index (χ4v) is 8.54. The summed E-state index contributed by atoms with van der Waals surface area (Å²) < 4.78 is 6.24. The minimum Gasteiger partial charge on any atom is -0.456 e. The molecule has 1 heterocycles. The molecule has 11 aromatic rings. The lowest BCUT2D eigenvalue weighted by Crippen LogP contribution is -2.10. The molecule has 2 heteroatoms. The van der Waals surface area contributed by atoms with Gasteiger partial charge >= 0.3 is 0 Å². The van der Waals surface area contributed by atoms with Crippen LogP contribution in [0.2, 0.25) is 0 Å². The molecule has 1 aromatic heterocycles. The number of para-hydroxylation sites is 1. The highest BCUT2D eigenvalue weighted by Gasteiger charge is 2.16. The summed E-state index contributed by atoms with van der Waals surface area (Å²) in [5.41, 5.74) is 16.9. The molecule has 282 valence electrons. The minimum atomic E-state index is 0.900. The zero-order chi connectivity index (χ0) is 39.8. The summed E-state index contributed by atoms with van der Waals surface area (Å²) in [6.07, 6.45) is 0. The van der Waals surface area contributed by atoms with Gasteiger partial charge in [0.15, 0.2) is 0 Å². The summed E-state index contributed by atoms with van der Waals surface area (Å²) in [6, 6.07) is 84.9. The van der Waals surface area contributed by atoms with Gasteiger partial charge in [0.25, 0.3) is 0 Å². The third kappa shape index (κ3) is 6.70. The van der Waals surface area contributed by atoms with E-state index in [9.17, 15) is 0 Å². The number of benzene rings is 10. The number of hydrogen-bond acceptors (Lipinski definition) is 2. The maximum absolute atomic E-state index is 6.24. The van der Waals surface area contributed by atoms with Gasteiger partial charge in [0.05, 0.1) is 0 Å². The van der Waals surface area contributed by atoms with E-state index in [2.05, 4.69) is 229 Å². The van der Waals surface area contributed by atoms with Crippen LogP contribution in [0, 0.1) is 0 Å². The van der Waals surface area contributed by atoms with Crippen molar-refractivity contribution in [1.29, 1.82) is 0 Å². The summed E-state index contributed by atoms with van der Waals surface area (Å²) >= 11 is 0. The first-order chi connectivity index (χ1) is 29.7. The average molecular weight is 766 g/mol. The largest absolute Gasteiger partial charge is 0.456 e. The first kappa shape index (κ1) is 35.2. The van der Waals surface area contributed by atoms with Gasteiger partial charge in [-0.2, -0.15) is 0 Å². The van der Waals surface area contributed by atoms with E-state index in [1.807, 2.05) is 12.1 Å². The molecule has 0 atom stereocenters. The first-order valence-electron chi connectivity index (χ1n) is 20.5. The Morgan fingerprint density at radius 2 is 0.683 bits per heavy atom. The molecule has 0 saturated heterocycles. The normalized spacial score (nSPS) is 11.3. The van der Waals surface area contributed by atoms with E-state index in [0.717, 1.165) is 50.1 Å². The molecule has 0 saturated carbocycles. The fourth-order valence-electron chi connectivity index (χ4n) is 8.54. The number of furan rings is 1. The maximum atomic E-state index is 6.24. The molecule has 0 aliphatic heterocycles. The van der Waals surface area contributed by atoms with Gasteiger partial charge in [0.1, 0.15) is 11.2 Å². The lowest BCUT2D eigenvalue weighted by Gasteiger charge is -2.26. The summed E-state index contributed by atoms with van der Waals surface area (Å²) in [7, 11) is 0. The third-order valence-electron chi connectivity index (χ3n) is 11.6. The number of hydrogen-bond donors (Lipinski definition) is 0. The van der Waals surface area contributed by atoms with Crippen molar-refractivity contribution in [1.82, 2.24) is 0 Å². The van der Waals surface area contributed by atoms with E-state index < -0.39 is 0 Å². The summed E-state index contributed by atoms with van der Waals surface area (Å²) in [5.74, 6) is 0. The van der Waals surface area contributed by atoms with Crippen molar-refractivity contribution in [3.05, 3.63) is 237 Å². The molecular weight excluding hydrogens is 727 g/mol. The van der Waals surface area contributed by atoms with E-state index in [4.69, 9.17) is 4.42 Å². The van der Waals surface area contributed by atoms with Crippen molar-refractivity contribution in [3.63, 3.8) is 0 Å². The second-order valence-corrected chi connectivity index (χ2v) is 15.4. The van der Waals surface area contributed by atoms with Crippen LogP contribution in [0.4, 0.5) is 17.1 Å². The van der Waals surface area contributed by atoms with Crippen molar-refractivity contribution >= 4 is 49.8 Å². The number of nitrogens with zero attached hydrogens (tertiary/aromatic N) is 1. The van der Waals surface area contributed by atoms with Crippen LogP contribution in [0.3, 0.4) is 0 Å². The summed E-state index contributed by atoms with van der Waals surface area (Å²) in [4.78, 5) is 2.34. The van der Waals surface area contributed by atoms with E-state index in [1.54, 1.807) is 0 Å². The van der Waals surface area contributed by atoms with Gasteiger partial charge in [-0.15, -0.1) is 0 Å². The molecule has 0 aliphatic carbocycles. The molecule has 0 fully saturated rings. The second-order valence-electron chi connectivity index (χ2n) is 15.4. The Hall–Kier alpha value is -7.94. The highest BCUT2D eigenvalue weighted by Crippen LogP contribution is 2.40. The number of fused-ring (bicyclic) bond motifs is 4. The lowest BCUT2D eigenvalue weighted by atomic mass is 9.95. The van der Waals surface area contributed by atoms with E-state index in [0.29, 0.717) is 0 Å². The van der Waals surface area contributed by atoms with Crippen LogP contribution >= 0.6 is 0 Å². The highest BCUT2D eigenvalue weighted by molar-refractivity contribution is 6.06. The van der Waals surface area contributed by atoms with Crippen LogP contribution in [0.25, 0.3) is 88.3 Å². The molecular formula is C58H39NO. The maximum Gasteiger partial charge on any atom is 0.136 e. The van der Waals surface area contributed by atoms with Crippen LogP contribution in [-0.2, 0) is 0 Å².